The van der Waals surface area contributed by atoms with Gasteiger partial charge in [0.2, 0.25) is 5.92 Å². The SMILES string of the molecule is FC1(F)CCC(Nc2ccncc2Br)C1. The average molecular weight is 277 g/mol. The zero-order valence-corrected chi connectivity index (χ0v) is 9.60. The van der Waals surface area contributed by atoms with E-state index in [1.807, 2.05) is 0 Å². The highest BCUT2D eigenvalue weighted by Gasteiger charge is 2.39. The van der Waals surface area contributed by atoms with Gasteiger partial charge < -0.3 is 5.32 Å². The molecule has 1 aromatic rings. The van der Waals surface area contributed by atoms with Crippen LogP contribution in [0.1, 0.15) is 19.3 Å². The summed E-state index contributed by atoms with van der Waals surface area (Å²) in [7, 11) is 0. The van der Waals surface area contributed by atoms with Crippen molar-refractivity contribution in [2.75, 3.05) is 5.32 Å². The van der Waals surface area contributed by atoms with Crippen LogP contribution in [0.4, 0.5) is 14.5 Å². The summed E-state index contributed by atoms with van der Waals surface area (Å²) in [4.78, 5) is 3.91. The molecular formula is C10H11BrF2N2. The van der Waals surface area contributed by atoms with E-state index in [2.05, 4.69) is 26.2 Å². The molecule has 2 nitrogen and oxygen atoms in total. The minimum Gasteiger partial charge on any atom is -0.381 e. The molecule has 1 fully saturated rings. The third kappa shape index (κ3) is 2.65. The van der Waals surface area contributed by atoms with Gasteiger partial charge in [-0.15, -0.1) is 0 Å². The van der Waals surface area contributed by atoms with Crippen LogP contribution in [0.5, 0.6) is 0 Å². The molecule has 1 unspecified atom stereocenters. The lowest BCUT2D eigenvalue weighted by molar-refractivity contribution is 0.00852. The van der Waals surface area contributed by atoms with Crippen molar-refractivity contribution < 1.29 is 8.78 Å². The molecule has 0 bridgehead atoms. The first kappa shape index (κ1) is 10.8. The van der Waals surface area contributed by atoms with Crippen LogP contribution in [0.3, 0.4) is 0 Å². The largest absolute Gasteiger partial charge is 0.381 e. The number of pyridine rings is 1. The third-order valence-electron chi connectivity index (χ3n) is 2.54. The number of alkyl halides is 2. The molecule has 1 atom stereocenters. The number of nitrogens with zero attached hydrogens (tertiary/aromatic N) is 1. The Kier molecular flexibility index (Phi) is 2.91. The maximum Gasteiger partial charge on any atom is 0.250 e. The minimum absolute atomic E-state index is 0.0205. The van der Waals surface area contributed by atoms with Crippen LogP contribution in [0.2, 0.25) is 0 Å². The fourth-order valence-electron chi connectivity index (χ4n) is 1.79. The molecule has 82 valence electrons. The van der Waals surface area contributed by atoms with Crippen LogP contribution in [-0.4, -0.2) is 16.9 Å². The maximum absolute atomic E-state index is 12.9. The second-order valence-corrected chi connectivity index (χ2v) is 4.65. The van der Waals surface area contributed by atoms with Gasteiger partial charge in [0.1, 0.15) is 0 Å². The van der Waals surface area contributed by atoms with Gasteiger partial charge in [0.25, 0.3) is 0 Å². The highest BCUT2D eigenvalue weighted by Crippen LogP contribution is 2.36. The predicted octanol–water partition coefficient (Wildman–Crippen LogP) is 3.44. The van der Waals surface area contributed by atoms with Crippen LogP contribution < -0.4 is 5.32 Å². The quantitative estimate of drug-likeness (QED) is 0.895. The summed E-state index contributed by atoms with van der Waals surface area (Å²) in [5.41, 5.74) is 0.827. The molecule has 1 N–H and O–H groups in total. The molecule has 1 aliphatic carbocycles. The molecule has 2 rings (SSSR count). The molecule has 1 saturated carbocycles. The Morgan fingerprint density at radius 1 is 1.53 bits per heavy atom. The summed E-state index contributed by atoms with van der Waals surface area (Å²) < 4.78 is 26.7. The van der Waals surface area contributed by atoms with E-state index < -0.39 is 5.92 Å². The lowest BCUT2D eigenvalue weighted by Crippen LogP contribution is -2.19. The second-order valence-electron chi connectivity index (χ2n) is 3.80. The summed E-state index contributed by atoms with van der Waals surface area (Å²) in [5, 5.41) is 3.10. The van der Waals surface area contributed by atoms with Crippen molar-refractivity contribution in [2.24, 2.45) is 0 Å². The fraction of sp³-hybridized carbons (Fsp3) is 0.500. The van der Waals surface area contributed by atoms with Crippen molar-refractivity contribution in [3.63, 3.8) is 0 Å². The lowest BCUT2D eigenvalue weighted by atomic mass is 10.2. The van der Waals surface area contributed by atoms with E-state index in [4.69, 9.17) is 0 Å². The fourth-order valence-corrected chi connectivity index (χ4v) is 2.15. The van der Waals surface area contributed by atoms with Crippen molar-refractivity contribution in [3.05, 3.63) is 22.9 Å². The predicted molar refractivity (Wildman–Crippen MR) is 58.1 cm³/mol. The highest BCUT2D eigenvalue weighted by molar-refractivity contribution is 9.10. The van der Waals surface area contributed by atoms with E-state index in [0.717, 1.165) is 10.2 Å². The van der Waals surface area contributed by atoms with Crippen LogP contribution in [0, 0.1) is 0 Å². The highest BCUT2D eigenvalue weighted by atomic mass is 79.9. The molecule has 0 aliphatic heterocycles. The molecule has 0 saturated heterocycles. The normalized spacial score (nSPS) is 24.1. The molecule has 15 heavy (non-hydrogen) atoms. The van der Waals surface area contributed by atoms with Crippen molar-refractivity contribution in [1.29, 1.82) is 0 Å². The van der Waals surface area contributed by atoms with Gasteiger partial charge in [0, 0.05) is 31.3 Å². The molecule has 0 spiro atoms. The number of halogens is 3. The number of nitrogens with one attached hydrogen (secondary N) is 1. The van der Waals surface area contributed by atoms with Gasteiger partial charge in [-0.05, 0) is 28.4 Å². The van der Waals surface area contributed by atoms with Gasteiger partial charge in [0.15, 0.2) is 0 Å². The first-order chi connectivity index (χ1) is 7.07. The monoisotopic (exact) mass is 276 g/mol. The van der Waals surface area contributed by atoms with E-state index in [-0.39, 0.29) is 18.9 Å². The summed E-state index contributed by atoms with van der Waals surface area (Å²) >= 11 is 3.32. The minimum atomic E-state index is -2.50. The van der Waals surface area contributed by atoms with E-state index in [9.17, 15) is 8.78 Å². The lowest BCUT2D eigenvalue weighted by Gasteiger charge is -2.15. The molecular weight excluding hydrogens is 266 g/mol. The number of anilines is 1. The average Bonchev–Trinajstić information content (AvgIpc) is 2.50. The standard InChI is InChI=1S/C10H11BrF2N2/c11-8-6-14-4-2-9(8)15-7-1-3-10(12,13)5-7/h2,4,6-7H,1,3,5H2,(H,14,15). The molecule has 1 heterocycles. The zero-order valence-electron chi connectivity index (χ0n) is 8.01. The Labute approximate surface area is 95.2 Å². The molecule has 5 heteroatoms. The van der Waals surface area contributed by atoms with Gasteiger partial charge in [-0.2, -0.15) is 0 Å². The Balaban J connectivity index is 2.02. The van der Waals surface area contributed by atoms with Gasteiger partial charge in [-0.3, -0.25) is 4.98 Å². The van der Waals surface area contributed by atoms with E-state index >= 15 is 0 Å². The van der Waals surface area contributed by atoms with Crippen molar-refractivity contribution in [1.82, 2.24) is 4.98 Å². The number of hydrogen-bond donors (Lipinski definition) is 1. The molecule has 0 aromatic carbocycles. The Morgan fingerprint density at radius 2 is 2.33 bits per heavy atom. The zero-order chi connectivity index (χ0) is 10.9. The first-order valence-electron chi connectivity index (χ1n) is 4.81. The van der Waals surface area contributed by atoms with Crippen LogP contribution >= 0.6 is 15.9 Å². The summed E-state index contributed by atoms with van der Waals surface area (Å²) in [6, 6.07) is 1.64. The maximum atomic E-state index is 12.9. The van der Waals surface area contributed by atoms with E-state index in [1.54, 1.807) is 18.5 Å². The van der Waals surface area contributed by atoms with Gasteiger partial charge >= 0.3 is 0 Å². The summed E-state index contributed by atoms with van der Waals surface area (Å²) in [6.07, 6.45) is 3.70. The van der Waals surface area contributed by atoms with E-state index in [0.29, 0.717) is 6.42 Å². The molecule has 1 aliphatic rings. The number of aromatic nitrogens is 1. The number of hydrogen-bond acceptors (Lipinski definition) is 2. The second kappa shape index (κ2) is 4.04. The summed E-state index contributed by atoms with van der Waals surface area (Å²) in [6.45, 7) is 0. The van der Waals surface area contributed by atoms with Crippen molar-refractivity contribution in [3.8, 4) is 0 Å². The Hall–Kier alpha value is -0.710. The molecule has 0 radical (unpaired) electrons. The van der Waals surface area contributed by atoms with Crippen LogP contribution in [0.25, 0.3) is 0 Å². The molecule has 1 aromatic heterocycles. The Morgan fingerprint density at radius 3 is 2.93 bits per heavy atom. The van der Waals surface area contributed by atoms with Crippen LogP contribution in [0.15, 0.2) is 22.9 Å². The summed E-state index contributed by atoms with van der Waals surface area (Å²) in [5.74, 6) is -2.50. The topological polar surface area (TPSA) is 24.9 Å². The Bertz CT molecular complexity index is 357. The van der Waals surface area contributed by atoms with E-state index in [1.165, 1.54) is 0 Å². The number of rotatable bonds is 2. The van der Waals surface area contributed by atoms with Crippen molar-refractivity contribution in [2.45, 2.75) is 31.2 Å². The first-order valence-corrected chi connectivity index (χ1v) is 5.60. The van der Waals surface area contributed by atoms with Crippen LogP contribution in [-0.2, 0) is 0 Å². The third-order valence-corrected chi connectivity index (χ3v) is 3.17. The molecule has 0 amide bonds. The van der Waals surface area contributed by atoms with Gasteiger partial charge in [-0.25, -0.2) is 8.78 Å². The van der Waals surface area contributed by atoms with Crippen molar-refractivity contribution >= 4 is 21.6 Å². The van der Waals surface area contributed by atoms with Gasteiger partial charge in [-0.1, -0.05) is 0 Å². The van der Waals surface area contributed by atoms with Gasteiger partial charge in [0.05, 0.1) is 10.2 Å². The smallest absolute Gasteiger partial charge is 0.250 e.